The van der Waals surface area contributed by atoms with Crippen molar-refractivity contribution in [3.05, 3.63) is 22.4 Å². The van der Waals surface area contributed by atoms with Gasteiger partial charge in [-0.1, -0.05) is 6.07 Å². The average Bonchev–Trinajstić information content (AvgIpc) is 2.75. The number of thiophene rings is 1. The minimum Gasteiger partial charge on any atom is -0.351 e. The molecule has 1 saturated heterocycles. The molecule has 0 saturated carbocycles. The molecule has 1 aromatic heterocycles. The van der Waals surface area contributed by atoms with Crippen molar-refractivity contribution in [2.75, 3.05) is 11.5 Å². The standard InChI is InChI=1S/C10H12ClNO3S2/c11-8-5-17(14,15)6-9(8)12-10(13)4-7-2-1-3-16-7/h1-3,8-9H,4-6H2,(H,12,13). The fourth-order valence-corrected chi connectivity index (χ4v) is 5.02. The number of rotatable bonds is 3. The zero-order valence-corrected chi connectivity index (χ0v) is 11.3. The molecule has 2 unspecified atom stereocenters. The van der Waals surface area contributed by atoms with Gasteiger partial charge in [0.05, 0.1) is 29.3 Å². The quantitative estimate of drug-likeness (QED) is 0.839. The molecule has 0 radical (unpaired) electrons. The van der Waals surface area contributed by atoms with E-state index in [9.17, 15) is 13.2 Å². The predicted molar refractivity (Wildman–Crippen MR) is 68.2 cm³/mol. The lowest BCUT2D eigenvalue weighted by atomic mass is 10.2. The zero-order valence-electron chi connectivity index (χ0n) is 8.93. The molecule has 1 aliphatic rings. The van der Waals surface area contributed by atoms with Gasteiger partial charge in [0.2, 0.25) is 5.91 Å². The van der Waals surface area contributed by atoms with Crippen LogP contribution in [0.25, 0.3) is 0 Å². The summed E-state index contributed by atoms with van der Waals surface area (Å²) in [5.41, 5.74) is 0. The molecule has 0 spiro atoms. The van der Waals surface area contributed by atoms with Gasteiger partial charge in [0, 0.05) is 4.88 Å². The van der Waals surface area contributed by atoms with Crippen molar-refractivity contribution in [3.63, 3.8) is 0 Å². The Morgan fingerprint density at radius 3 is 2.82 bits per heavy atom. The number of carbonyl (C=O) groups is 1. The number of alkyl halides is 1. The Morgan fingerprint density at radius 2 is 2.29 bits per heavy atom. The highest BCUT2D eigenvalue weighted by atomic mass is 35.5. The third kappa shape index (κ3) is 3.43. The summed E-state index contributed by atoms with van der Waals surface area (Å²) in [7, 11) is -3.10. The first-order chi connectivity index (χ1) is 7.96. The van der Waals surface area contributed by atoms with Gasteiger partial charge in [-0.3, -0.25) is 4.79 Å². The Morgan fingerprint density at radius 1 is 1.53 bits per heavy atom. The van der Waals surface area contributed by atoms with Crippen molar-refractivity contribution < 1.29 is 13.2 Å². The molecule has 1 amide bonds. The molecule has 0 aromatic carbocycles. The zero-order chi connectivity index (χ0) is 12.5. The van der Waals surface area contributed by atoms with Crippen LogP contribution in [0.2, 0.25) is 0 Å². The van der Waals surface area contributed by atoms with Crippen molar-refractivity contribution in [2.24, 2.45) is 0 Å². The summed E-state index contributed by atoms with van der Waals surface area (Å²) < 4.78 is 22.6. The van der Waals surface area contributed by atoms with Crippen LogP contribution in [0.1, 0.15) is 4.88 Å². The third-order valence-electron chi connectivity index (χ3n) is 2.54. The lowest BCUT2D eigenvalue weighted by Gasteiger charge is -2.13. The molecule has 2 rings (SSSR count). The summed E-state index contributed by atoms with van der Waals surface area (Å²) in [5, 5.41) is 4.05. The van der Waals surface area contributed by atoms with Crippen molar-refractivity contribution in [2.45, 2.75) is 17.8 Å². The van der Waals surface area contributed by atoms with E-state index in [0.29, 0.717) is 0 Å². The molecule has 0 aliphatic carbocycles. The van der Waals surface area contributed by atoms with Crippen LogP contribution in [-0.4, -0.2) is 37.2 Å². The van der Waals surface area contributed by atoms with Crippen molar-refractivity contribution in [1.82, 2.24) is 5.32 Å². The summed E-state index contributed by atoms with van der Waals surface area (Å²) >= 11 is 7.40. The lowest BCUT2D eigenvalue weighted by molar-refractivity contribution is -0.120. The second kappa shape index (κ2) is 4.96. The van der Waals surface area contributed by atoms with Gasteiger partial charge >= 0.3 is 0 Å². The fourth-order valence-electron chi connectivity index (χ4n) is 1.77. The van der Waals surface area contributed by atoms with Crippen molar-refractivity contribution >= 4 is 38.7 Å². The van der Waals surface area contributed by atoms with E-state index in [1.54, 1.807) is 0 Å². The number of hydrogen-bond donors (Lipinski definition) is 1. The van der Waals surface area contributed by atoms with Gasteiger partial charge in [0.1, 0.15) is 0 Å². The average molecular weight is 294 g/mol. The van der Waals surface area contributed by atoms with Gasteiger partial charge < -0.3 is 5.32 Å². The molecule has 1 fully saturated rings. The van der Waals surface area contributed by atoms with Crippen LogP contribution in [0.5, 0.6) is 0 Å². The smallest absolute Gasteiger partial charge is 0.225 e. The Kier molecular flexibility index (Phi) is 3.75. The third-order valence-corrected chi connectivity index (χ3v) is 5.80. The first-order valence-electron chi connectivity index (χ1n) is 5.12. The second-order valence-electron chi connectivity index (χ2n) is 4.02. The molecule has 0 bridgehead atoms. The number of hydrogen-bond acceptors (Lipinski definition) is 4. The summed E-state index contributed by atoms with van der Waals surface area (Å²) in [6.45, 7) is 0. The Balaban J connectivity index is 1.91. The van der Waals surface area contributed by atoms with Gasteiger partial charge in [0.15, 0.2) is 9.84 Å². The van der Waals surface area contributed by atoms with Gasteiger partial charge in [-0.2, -0.15) is 0 Å². The van der Waals surface area contributed by atoms with E-state index in [4.69, 9.17) is 11.6 Å². The van der Waals surface area contributed by atoms with E-state index in [1.165, 1.54) is 11.3 Å². The lowest BCUT2D eigenvalue weighted by Crippen LogP contribution is -2.41. The van der Waals surface area contributed by atoms with E-state index < -0.39 is 21.3 Å². The molecule has 2 heterocycles. The highest BCUT2D eigenvalue weighted by molar-refractivity contribution is 7.91. The van der Waals surface area contributed by atoms with Crippen molar-refractivity contribution in [1.29, 1.82) is 0 Å². The molecular formula is C10H12ClNO3S2. The molecule has 1 aliphatic heterocycles. The number of halogens is 1. The molecule has 1 N–H and O–H groups in total. The van der Waals surface area contributed by atoms with Crippen LogP contribution in [0, 0.1) is 0 Å². The largest absolute Gasteiger partial charge is 0.351 e. The highest BCUT2D eigenvalue weighted by Crippen LogP contribution is 2.18. The molecule has 4 nitrogen and oxygen atoms in total. The molecule has 7 heteroatoms. The fraction of sp³-hybridized carbons (Fsp3) is 0.500. The van der Waals surface area contributed by atoms with Gasteiger partial charge in [-0.15, -0.1) is 22.9 Å². The van der Waals surface area contributed by atoms with Crippen LogP contribution in [0.3, 0.4) is 0 Å². The SMILES string of the molecule is O=C(Cc1cccs1)NC1CS(=O)(=O)CC1Cl. The highest BCUT2D eigenvalue weighted by Gasteiger charge is 2.37. The van der Waals surface area contributed by atoms with E-state index in [0.717, 1.165) is 4.88 Å². The number of carbonyl (C=O) groups excluding carboxylic acids is 1. The Labute approximate surface area is 109 Å². The van der Waals surface area contributed by atoms with Gasteiger partial charge in [-0.25, -0.2) is 8.42 Å². The maximum atomic E-state index is 11.7. The first-order valence-corrected chi connectivity index (χ1v) is 8.26. The molecule has 94 valence electrons. The van der Waals surface area contributed by atoms with Crippen LogP contribution < -0.4 is 5.32 Å². The molecule has 1 aromatic rings. The van der Waals surface area contributed by atoms with Gasteiger partial charge in [0.25, 0.3) is 0 Å². The maximum absolute atomic E-state index is 11.7. The van der Waals surface area contributed by atoms with Crippen molar-refractivity contribution in [3.8, 4) is 0 Å². The molecule has 2 atom stereocenters. The van der Waals surface area contributed by atoms with Crippen LogP contribution in [-0.2, 0) is 21.1 Å². The number of amides is 1. The minimum absolute atomic E-state index is 0.0570. The van der Waals surface area contributed by atoms with E-state index in [2.05, 4.69) is 5.32 Å². The van der Waals surface area contributed by atoms with E-state index in [-0.39, 0.29) is 23.8 Å². The summed E-state index contributed by atoms with van der Waals surface area (Å²) in [4.78, 5) is 12.6. The topological polar surface area (TPSA) is 63.2 Å². The van der Waals surface area contributed by atoms with E-state index >= 15 is 0 Å². The van der Waals surface area contributed by atoms with E-state index in [1.807, 2.05) is 17.5 Å². The molecular weight excluding hydrogens is 282 g/mol. The number of sulfone groups is 1. The Hall–Kier alpha value is -0.590. The first kappa shape index (κ1) is 12.9. The maximum Gasteiger partial charge on any atom is 0.225 e. The summed E-state index contributed by atoms with van der Waals surface area (Å²) in [6.07, 6.45) is 0.276. The van der Waals surface area contributed by atoms with Crippen LogP contribution in [0.4, 0.5) is 0 Å². The Bertz CT molecular complexity index is 498. The number of nitrogens with one attached hydrogen (secondary N) is 1. The van der Waals surface area contributed by atoms with Gasteiger partial charge in [-0.05, 0) is 11.4 Å². The monoisotopic (exact) mass is 293 g/mol. The predicted octanol–water partition coefficient (Wildman–Crippen LogP) is 0.811. The summed E-state index contributed by atoms with van der Waals surface area (Å²) in [5.74, 6) is -0.296. The second-order valence-corrected chi connectivity index (χ2v) is 7.77. The minimum atomic E-state index is -3.10. The summed E-state index contributed by atoms with van der Waals surface area (Å²) in [6, 6.07) is 3.28. The van der Waals surface area contributed by atoms with Crippen LogP contribution >= 0.6 is 22.9 Å². The normalized spacial score (nSPS) is 26.9. The molecule has 17 heavy (non-hydrogen) atoms. The van der Waals surface area contributed by atoms with Crippen LogP contribution in [0.15, 0.2) is 17.5 Å².